The van der Waals surface area contributed by atoms with Crippen molar-refractivity contribution in [3.63, 3.8) is 0 Å². The van der Waals surface area contributed by atoms with Crippen molar-refractivity contribution in [2.75, 3.05) is 6.61 Å². The van der Waals surface area contributed by atoms with Gasteiger partial charge in [-0.15, -0.1) is 0 Å². The zero-order valence-electron chi connectivity index (χ0n) is 20.9. The molecule has 2 saturated heterocycles. The molecule has 1 amide bonds. The zero-order chi connectivity index (χ0) is 24.6. The van der Waals surface area contributed by atoms with Crippen molar-refractivity contribution < 1.29 is 24.2 Å². The summed E-state index contributed by atoms with van der Waals surface area (Å²) < 4.78 is 13.5. The number of hydrogen-bond donors (Lipinski definition) is 2. The number of aliphatic hydroxyl groups excluding tert-OH is 1. The lowest BCUT2D eigenvalue weighted by atomic mass is 9.66. The smallest absolute Gasteiger partial charge is 0.331 e. The van der Waals surface area contributed by atoms with Gasteiger partial charge in [0.05, 0.1) is 11.6 Å². The van der Waals surface area contributed by atoms with Crippen LogP contribution in [0.5, 0.6) is 0 Å². The minimum absolute atomic E-state index is 0.191. The van der Waals surface area contributed by atoms with Gasteiger partial charge in [0.15, 0.2) is 0 Å². The van der Waals surface area contributed by atoms with Crippen LogP contribution < -0.4 is 5.32 Å². The van der Waals surface area contributed by atoms with Gasteiger partial charge in [0.25, 0.3) is 0 Å². The third-order valence-corrected chi connectivity index (χ3v) is 9.48. The summed E-state index contributed by atoms with van der Waals surface area (Å²) in [6, 6.07) is 9.57. The highest BCUT2D eigenvalue weighted by Gasteiger charge is 2.72. The van der Waals surface area contributed by atoms with E-state index in [1.807, 2.05) is 30.3 Å². The summed E-state index contributed by atoms with van der Waals surface area (Å²) in [4.78, 5) is 25.5. The Balaban J connectivity index is 1.50. The SMILES string of the molecule is CC1CCC2C1C(OC(=O)/C=C/c1ccccc1)C1(C3CCCCC3)CC(NC(=O)CO)C2(C)O1. The van der Waals surface area contributed by atoms with Crippen LogP contribution in [-0.4, -0.2) is 46.9 Å². The van der Waals surface area contributed by atoms with Gasteiger partial charge < -0.3 is 19.9 Å². The lowest BCUT2D eigenvalue weighted by Crippen LogP contribution is -2.63. The molecule has 6 heteroatoms. The van der Waals surface area contributed by atoms with E-state index in [2.05, 4.69) is 19.2 Å². The largest absolute Gasteiger partial charge is 0.456 e. The second kappa shape index (κ2) is 9.70. The molecule has 1 aromatic carbocycles. The fourth-order valence-electron chi connectivity index (χ4n) is 7.86. The van der Waals surface area contributed by atoms with Gasteiger partial charge in [-0.05, 0) is 62.0 Å². The van der Waals surface area contributed by atoms with Crippen molar-refractivity contribution in [1.82, 2.24) is 5.32 Å². The first-order valence-corrected chi connectivity index (χ1v) is 13.4. The average molecular weight is 482 g/mol. The average Bonchev–Trinajstić information content (AvgIpc) is 3.39. The zero-order valence-corrected chi connectivity index (χ0v) is 20.9. The number of carbonyl (C=O) groups excluding carboxylic acids is 2. The summed E-state index contributed by atoms with van der Waals surface area (Å²) in [7, 11) is 0. The second-order valence-electron chi connectivity index (χ2n) is 11.4. The highest BCUT2D eigenvalue weighted by molar-refractivity contribution is 5.87. The third-order valence-electron chi connectivity index (χ3n) is 9.48. The highest BCUT2D eigenvalue weighted by Crippen LogP contribution is 2.63. The first kappa shape index (κ1) is 24.5. The monoisotopic (exact) mass is 481 g/mol. The molecule has 2 bridgehead atoms. The normalized spacial score (nSPS) is 38.9. The van der Waals surface area contributed by atoms with Crippen molar-refractivity contribution in [3.8, 4) is 0 Å². The molecule has 0 aromatic heterocycles. The Hall–Kier alpha value is -2.18. The molecule has 7 unspecified atom stereocenters. The maximum atomic E-state index is 13.2. The maximum Gasteiger partial charge on any atom is 0.331 e. The number of nitrogens with one attached hydrogen (secondary N) is 1. The number of ether oxygens (including phenoxy) is 2. The Morgan fingerprint density at radius 2 is 1.89 bits per heavy atom. The summed E-state index contributed by atoms with van der Waals surface area (Å²) >= 11 is 0. The molecular weight excluding hydrogens is 442 g/mol. The molecule has 6 nitrogen and oxygen atoms in total. The van der Waals surface area contributed by atoms with E-state index in [4.69, 9.17) is 9.47 Å². The maximum absolute atomic E-state index is 13.2. The van der Waals surface area contributed by atoms with Gasteiger partial charge >= 0.3 is 5.97 Å². The molecular formula is C29H39NO5. The third kappa shape index (κ3) is 4.33. The van der Waals surface area contributed by atoms with E-state index in [0.717, 1.165) is 44.1 Å². The van der Waals surface area contributed by atoms with E-state index < -0.39 is 17.8 Å². The Kier molecular flexibility index (Phi) is 6.79. The van der Waals surface area contributed by atoms with Crippen LogP contribution in [0.15, 0.2) is 36.4 Å². The number of aliphatic hydroxyl groups is 1. The summed E-state index contributed by atoms with van der Waals surface area (Å²) in [6.07, 6.45) is 11.3. The van der Waals surface area contributed by atoms with E-state index in [-0.39, 0.29) is 41.8 Å². The van der Waals surface area contributed by atoms with Crippen LogP contribution in [0.3, 0.4) is 0 Å². The van der Waals surface area contributed by atoms with Crippen molar-refractivity contribution in [1.29, 1.82) is 0 Å². The number of rotatable bonds is 6. The van der Waals surface area contributed by atoms with Crippen LogP contribution in [0, 0.1) is 23.7 Å². The predicted molar refractivity (Wildman–Crippen MR) is 133 cm³/mol. The summed E-state index contributed by atoms with van der Waals surface area (Å²) in [6.45, 7) is 3.88. The van der Waals surface area contributed by atoms with E-state index in [9.17, 15) is 14.7 Å². The molecule has 2 heterocycles. The van der Waals surface area contributed by atoms with Gasteiger partial charge in [0, 0.05) is 18.4 Å². The molecule has 4 fully saturated rings. The summed E-state index contributed by atoms with van der Waals surface area (Å²) in [5, 5.41) is 12.5. The first-order chi connectivity index (χ1) is 16.9. The number of carbonyl (C=O) groups is 2. The van der Waals surface area contributed by atoms with Crippen molar-refractivity contribution >= 4 is 18.0 Å². The van der Waals surface area contributed by atoms with Crippen LogP contribution in [0.4, 0.5) is 0 Å². The molecule has 0 spiro atoms. The van der Waals surface area contributed by atoms with Gasteiger partial charge in [-0.25, -0.2) is 4.79 Å². The van der Waals surface area contributed by atoms with Gasteiger partial charge in [-0.1, -0.05) is 56.5 Å². The highest BCUT2D eigenvalue weighted by atomic mass is 16.6. The number of amides is 1. The number of esters is 1. The lowest BCUT2D eigenvalue weighted by molar-refractivity contribution is -0.265. The molecule has 2 aliphatic heterocycles. The number of hydrogen-bond acceptors (Lipinski definition) is 5. The minimum Gasteiger partial charge on any atom is -0.456 e. The Morgan fingerprint density at radius 1 is 1.14 bits per heavy atom. The minimum atomic E-state index is -0.613. The molecule has 2 aliphatic carbocycles. The first-order valence-electron chi connectivity index (χ1n) is 13.4. The Labute approximate surface area is 208 Å². The van der Waals surface area contributed by atoms with Gasteiger partial charge in [0.1, 0.15) is 18.3 Å². The van der Waals surface area contributed by atoms with Crippen LogP contribution in [0.2, 0.25) is 0 Å². The molecule has 4 aliphatic rings. The van der Waals surface area contributed by atoms with Crippen molar-refractivity contribution in [3.05, 3.63) is 42.0 Å². The van der Waals surface area contributed by atoms with Gasteiger partial charge in [-0.2, -0.15) is 0 Å². The van der Waals surface area contributed by atoms with E-state index in [1.165, 1.54) is 12.5 Å². The van der Waals surface area contributed by atoms with Crippen LogP contribution in [-0.2, 0) is 19.1 Å². The molecule has 2 saturated carbocycles. The molecule has 1 aromatic rings. The van der Waals surface area contributed by atoms with Crippen LogP contribution in [0.1, 0.15) is 70.8 Å². The lowest BCUT2D eigenvalue weighted by Gasteiger charge is -2.54. The standard InChI is InChI=1S/C29H39NO5/c1-19-13-15-22-26(19)27(34-25(33)16-14-20-9-5-3-6-10-20)29(21-11-7-4-8-12-21)17-23(28(22,2)35-29)30-24(32)18-31/h3,5-6,9-10,14,16,19,21-23,26-27,31H,4,7-8,11-13,15,17-18H2,1-2H3,(H,30,32)/b16-14+. The van der Waals surface area contributed by atoms with E-state index in [1.54, 1.807) is 6.08 Å². The molecule has 190 valence electrons. The van der Waals surface area contributed by atoms with Crippen molar-refractivity contribution in [2.24, 2.45) is 23.7 Å². The number of fused-ring (bicyclic) bond motifs is 4. The topological polar surface area (TPSA) is 84.9 Å². The van der Waals surface area contributed by atoms with E-state index in [0.29, 0.717) is 12.3 Å². The molecule has 2 N–H and O–H groups in total. The van der Waals surface area contributed by atoms with E-state index >= 15 is 0 Å². The second-order valence-corrected chi connectivity index (χ2v) is 11.4. The molecule has 0 radical (unpaired) electrons. The Bertz CT molecular complexity index is 957. The molecule has 5 rings (SSSR count). The van der Waals surface area contributed by atoms with Gasteiger partial charge in [0.2, 0.25) is 5.91 Å². The van der Waals surface area contributed by atoms with Crippen LogP contribution in [0.25, 0.3) is 6.08 Å². The Morgan fingerprint density at radius 3 is 2.60 bits per heavy atom. The molecule has 7 atom stereocenters. The fraction of sp³-hybridized carbons (Fsp3) is 0.655. The predicted octanol–water partition coefficient (Wildman–Crippen LogP) is 4.26. The fourth-order valence-corrected chi connectivity index (χ4v) is 7.86. The molecule has 35 heavy (non-hydrogen) atoms. The van der Waals surface area contributed by atoms with Crippen LogP contribution >= 0.6 is 0 Å². The summed E-state index contributed by atoms with van der Waals surface area (Å²) in [5.41, 5.74) is -0.183. The van der Waals surface area contributed by atoms with Crippen molar-refractivity contribution in [2.45, 2.75) is 88.6 Å². The van der Waals surface area contributed by atoms with Gasteiger partial charge in [-0.3, -0.25) is 4.79 Å². The summed E-state index contributed by atoms with van der Waals surface area (Å²) in [5.74, 6) is 0.387. The number of benzene rings is 1. The quantitative estimate of drug-likeness (QED) is 0.468.